The SMILES string of the molecule is O=CC1=Nc2cc(F)ccc2C1=Cc1cccc(O)c1. The van der Waals surface area contributed by atoms with E-state index in [1.54, 1.807) is 36.4 Å². The Morgan fingerprint density at radius 2 is 2.00 bits per heavy atom. The number of fused-ring (bicyclic) bond motifs is 1. The van der Waals surface area contributed by atoms with Crippen molar-refractivity contribution in [2.75, 3.05) is 0 Å². The number of phenolic OH excluding ortho intramolecular Hbond substituents is 1. The molecule has 0 aliphatic carbocycles. The van der Waals surface area contributed by atoms with Crippen LogP contribution in [0.4, 0.5) is 10.1 Å². The summed E-state index contributed by atoms with van der Waals surface area (Å²) in [6.45, 7) is 0. The van der Waals surface area contributed by atoms with Gasteiger partial charge in [-0.15, -0.1) is 0 Å². The highest BCUT2D eigenvalue weighted by atomic mass is 19.1. The van der Waals surface area contributed by atoms with Crippen molar-refractivity contribution in [1.29, 1.82) is 0 Å². The van der Waals surface area contributed by atoms with E-state index in [0.717, 1.165) is 5.56 Å². The van der Waals surface area contributed by atoms with Gasteiger partial charge in [0.05, 0.1) is 5.69 Å². The Morgan fingerprint density at radius 1 is 1.15 bits per heavy atom. The van der Waals surface area contributed by atoms with Crippen molar-refractivity contribution in [3.8, 4) is 5.75 Å². The minimum atomic E-state index is -0.392. The van der Waals surface area contributed by atoms with E-state index in [2.05, 4.69) is 4.99 Å². The lowest BCUT2D eigenvalue weighted by molar-refractivity contribution is -0.102. The summed E-state index contributed by atoms with van der Waals surface area (Å²) in [5, 5.41) is 9.46. The molecule has 3 rings (SSSR count). The van der Waals surface area contributed by atoms with E-state index < -0.39 is 5.82 Å². The van der Waals surface area contributed by atoms with Crippen molar-refractivity contribution in [2.45, 2.75) is 0 Å². The van der Waals surface area contributed by atoms with Gasteiger partial charge in [-0.25, -0.2) is 9.38 Å². The number of hydrogen-bond acceptors (Lipinski definition) is 3. The first-order chi connectivity index (χ1) is 9.67. The van der Waals surface area contributed by atoms with Gasteiger partial charge in [0.2, 0.25) is 0 Å². The van der Waals surface area contributed by atoms with E-state index >= 15 is 0 Å². The third kappa shape index (κ3) is 2.12. The smallest absolute Gasteiger partial charge is 0.169 e. The molecule has 0 radical (unpaired) electrons. The summed E-state index contributed by atoms with van der Waals surface area (Å²) < 4.78 is 13.2. The Kier molecular flexibility index (Phi) is 2.91. The molecule has 2 aromatic carbocycles. The Bertz CT molecular complexity index is 763. The molecule has 3 nitrogen and oxygen atoms in total. The minimum absolute atomic E-state index is 0.140. The van der Waals surface area contributed by atoms with Crippen LogP contribution >= 0.6 is 0 Å². The fourth-order valence-electron chi connectivity index (χ4n) is 2.18. The summed E-state index contributed by atoms with van der Waals surface area (Å²) in [6, 6.07) is 10.9. The average Bonchev–Trinajstić information content (AvgIpc) is 2.76. The van der Waals surface area contributed by atoms with Gasteiger partial charge in [-0.2, -0.15) is 0 Å². The zero-order valence-electron chi connectivity index (χ0n) is 10.4. The largest absolute Gasteiger partial charge is 0.508 e. The number of halogens is 1. The van der Waals surface area contributed by atoms with Crippen LogP contribution in [-0.4, -0.2) is 17.1 Å². The van der Waals surface area contributed by atoms with Gasteiger partial charge < -0.3 is 5.11 Å². The first kappa shape index (κ1) is 12.3. The second-order valence-electron chi connectivity index (χ2n) is 4.43. The van der Waals surface area contributed by atoms with Gasteiger partial charge in [0.25, 0.3) is 0 Å². The number of aldehydes is 1. The average molecular weight is 267 g/mol. The maximum Gasteiger partial charge on any atom is 0.169 e. The highest BCUT2D eigenvalue weighted by Gasteiger charge is 2.20. The lowest BCUT2D eigenvalue weighted by atomic mass is 10.0. The predicted molar refractivity (Wildman–Crippen MR) is 75.5 cm³/mol. The van der Waals surface area contributed by atoms with Crippen molar-refractivity contribution in [2.24, 2.45) is 4.99 Å². The van der Waals surface area contributed by atoms with Crippen LogP contribution in [-0.2, 0) is 4.79 Å². The molecule has 1 heterocycles. The topological polar surface area (TPSA) is 49.7 Å². The van der Waals surface area contributed by atoms with Crippen molar-refractivity contribution in [3.05, 3.63) is 59.4 Å². The van der Waals surface area contributed by atoms with Gasteiger partial charge in [-0.3, -0.25) is 4.79 Å². The summed E-state index contributed by atoms with van der Waals surface area (Å²) in [6.07, 6.45) is 2.39. The normalized spacial score (nSPS) is 15.1. The molecule has 0 aromatic heterocycles. The summed E-state index contributed by atoms with van der Waals surface area (Å²) >= 11 is 0. The molecule has 0 fully saturated rings. The van der Waals surface area contributed by atoms with Gasteiger partial charge >= 0.3 is 0 Å². The Morgan fingerprint density at radius 3 is 2.75 bits per heavy atom. The monoisotopic (exact) mass is 267 g/mol. The zero-order valence-corrected chi connectivity index (χ0v) is 10.4. The predicted octanol–water partition coefficient (Wildman–Crippen LogP) is 3.36. The quantitative estimate of drug-likeness (QED) is 0.848. The number of aromatic hydroxyl groups is 1. The van der Waals surface area contributed by atoms with Crippen LogP contribution in [0.15, 0.2) is 47.5 Å². The number of phenols is 1. The van der Waals surface area contributed by atoms with Crippen LogP contribution in [0.3, 0.4) is 0 Å². The van der Waals surface area contributed by atoms with Crippen LogP contribution < -0.4 is 0 Å². The number of rotatable bonds is 2. The molecule has 0 atom stereocenters. The molecule has 1 aliphatic heterocycles. The first-order valence-corrected chi connectivity index (χ1v) is 6.02. The van der Waals surface area contributed by atoms with E-state index in [1.165, 1.54) is 12.1 Å². The van der Waals surface area contributed by atoms with Gasteiger partial charge in [0, 0.05) is 17.2 Å². The van der Waals surface area contributed by atoms with E-state index in [4.69, 9.17) is 0 Å². The maximum atomic E-state index is 13.2. The number of aliphatic imine (C=N–C) groups is 1. The molecule has 98 valence electrons. The summed E-state index contributed by atoms with van der Waals surface area (Å²) in [7, 11) is 0. The fraction of sp³-hybridized carbons (Fsp3) is 0. The summed E-state index contributed by atoms with van der Waals surface area (Å²) in [5.41, 5.74) is 2.77. The molecular formula is C16H10FNO2. The van der Waals surface area contributed by atoms with Crippen molar-refractivity contribution in [1.82, 2.24) is 0 Å². The van der Waals surface area contributed by atoms with Gasteiger partial charge in [-0.05, 0) is 35.9 Å². The van der Waals surface area contributed by atoms with Gasteiger partial charge in [0.1, 0.15) is 17.3 Å². The molecule has 0 bridgehead atoms. The molecule has 1 aliphatic rings. The zero-order chi connectivity index (χ0) is 14.1. The summed E-state index contributed by atoms with van der Waals surface area (Å²) in [5.74, 6) is -0.252. The Labute approximate surface area is 114 Å². The molecule has 4 heteroatoms. The molecule has 1 N–H and O–H groups in total. The Hall–Kier alpha value is -2.75. The van der Waals surface area contributed by atoms with E-state index in [-0.39, 0.29) is 11.5 Å². The third-order valence-corrected chi connectivity index (χ3v) is 3.06. The van der Waals surface area contributed by atoms with E-state index in [1.807, 2.05) is 0 Å². The molecule has 0 saturated heterocycles. The van der Waals surface area contributed by atoms with Crippen LogP contribution in [0, 0.1) is 5.82 Å². The van der Waals surface area contributed by atoms with Crippen molar-refractivity contribution >= 4 is 29.3 Å². The van der Waals surface area contributed by atoms with E-state index in [9.17, 15) is 14.3 Å². The standard InChI is InChI=1S/C16H10FNO2/c17-11-4-5-13-14(16(9-19)18-15(13)8-11)7-10-2-1-3-12(20)6-10/h1-9,20H. The molecule has 0 unspecified atom stereocenters. The minimum Gasteiger partial charge on any atom is -0.508 e. The second-order valence-corrected chi connectivity index (χ2v) is 4.43. The number of nitrogens with zero attached hydrogens (tertiary/aromatic N) is 1. The highest BCUT2D eigenvalue weighted by Crippen LogP contribution is 2.36. The molecule has 0 amide bonds. The number of allylic oxidation sites excluding steroid dienone is 1. The molecule has 20 heavy (non-hydrogen) atoms. The van der Waals surface area contributed by atoms with Gasteiger partial charge in [-0.1, -0.05) is 12.1 Å². The summed E-state index contributed by atoms with van der Waals surface area (Å²) in [4.78, 5) is 15.2. The second kappa shape index (κ2) is 4.74. The van der Waals surface area contributed by atoms with Crippen LogP contribution in [0.5, 0.6) is 5.75 Å². The Balaban J connectivity index is 2.14. The number of carbonyl (C=O) groups is 1. The van der Waals surface area contributed by atoms with Crippen LogP contribution in [0.2, 0.25) is 0 Å². The first-order valence-electron chi connectivity index (χ1n) is 6.02. The molecule has 0 saturated carbocycles. The number of hydrogen-bond donors (Lipinski definition) is 1. The molecule has 2 aromatic rings. The van der Waals surface area contributed by atoms with Crippen molar-refractivity contribution in [3.63, 3.8) is 0 Å². The highest BCUT2D eigenvalue weighted by molar-refractivity contribution is 6.53. The van der Waals surface area contributed by atoms with Crippen molar-refractivity contribution < 1.29 is 14.3 Å². The number of carbonyl (C=O) groups excluding carboxylic acids is 1. The van der Waals surface area contributed by atoms with E-state index in [0.29, 0.717) is 23.1 Å². The van der Waals surface area contributed by atoms with Crippen LogP contribution in [0.25, 0.3) is 11.6 Å². The lowest BCUT2D eigenvalue weighted by Crippen LogP contribution is -1.97. The number of benzene rings is 2. The fourth-order valence-corrected chi connectivity index (χ4v) is 2.18. The molecule has 0 spiro atoms. The maximum absolute atomic E-state index is 13.2. The third-order valence-electron chi connectivity index (χ3n) is 3.06. The van der Waals surface area contributed by atoms with Crippen LogP contribution in [0.1, 0.15) is 11.1 Å². The van der Waals surface area contributed by atoms with Gasteiger partial charge in [0.15, 0.2) is 6.29 Å². The lowest BCUT2D eigenvalue weighted by Gasteiger charge is -2.02. The molecular weight excluding hydrogens is 257 g/mol.